The number of nitrogens with one attached hydrogen (secondary N) is 1. The maximum Gasteiger partial charge on any atom is 0.160 e. The van der Waals surface area contributed by atoms with Crippen molar-refractivity contribution in [1.29, 1.82) is 0 Å². The Kier molecular flexibility index (Phi) is 1.95. The molecule has 0 amide bonds. The van der Waals surface area contributed by atoms with E-state index in [2.05, 4.69) is 23.2 Å². The molecule has 3 aromatic heterocycles. The standard InChI is InChI=1S/C18H11NO2/c1-2-5-14-12(4-1)18-17(19-14)13-10-11(7-8-16(13)21-18)15-6-3-9-20-15/h1-10,19H. The van der Waals surface area contributed by atoms with E-state index in [1.54, 1.807) is 6.26 Å². The molecule has 0 aliphatic heterocycles. The molecule has 0 spiro atoms. The van der Waals surface area contributed by atoms with Gasteiger partial charge in [-0.2, -0.15) is 0 Å². The van der Waals surface area contributed by atoms with Gasteiger partial charge in [0.05, 0.1) is 11.8 Å². The van der Waals surface area contributed by atoms with Crippen molar-refractivity contribution < 1.29 is 8.83 Å². The van der Waals surface area contributed by atoms with Gasteiger partial charge in [0.1, 0.15) is 11.3 Å². The summed E-state index contributed by atoms with van der Waals surface area (Å²) in [6, 6.07) is 18.2. The Bertz CT molecular complexity index is 1080. The van der Waals surface area contributed by atoms with E-state index < -0.39 is 0 Å². The average molecular weight is 273 g/mol. The summed E-state index contributed by atoms with van der Waals surface area (Å²) >= 11 is 0. The number of para-hydroxylation sites is 1. The summed E-state index contributed by atoms with van der Waals surface area (Å²) in [6.45, 7) is 0. The maximum atomic E-state index is 6.02. The van der Waals surface area contributed by atoms with Crippen LogP contribution >= 0.6 is 0 Å². The molecule has 0 atom stereocenters. The molecule has 5 aromatic rings. The summed E-state index contributed by atoms with van der Waals surface area (Å²) in [6.07, 6.45) is 1.69. The third-order valence-corrected chi connectivity index (χ3v) is 3.93. The van der Waals surface area contributed by atoms with E-state index in [0.29, 0.717) is 0 Å². The number of furan rings is 2. The minimum Gasteiger partial charge on any atom is -0.464 e. The first kappa shape index (κ1) is 10.8. The Labute approximate surface area is 119 Å². The van der Waals surface area contributed by atoms with Gasteiger partial charge in [0.25, 0.3) is 0 Å². The molecule has 0 radical (unpaired) electrons. The summed E-state index contributed by atoms with van der Waals surface area (Å²) in [5.74, 6) is 0.863. The van der Waals surface area contributed by atoms with E-state index in [9.17, 15) is 0 Å². The fourth-order valence-corrected chi connectivity index (χ4v) is 2.93. The van der Waals surface area contributed by atoms with Crippen LogP contribution in [-0.4, -0.2) is 4.98 Å². The van der Waals surface area contributed by atoms with Crippen molar-refractivity contribution in [3.05, 3.63) is 60.9 Å². The van der Waals surface area contributed by atoms with Crippen LogP contribution in [0.3, 0.4) is 0 Å². The minimum absolute atomic E-state index is 0.863. The molecule has 0 saturated heterocycles. The fraction of sp³-hybridized carbons (Fsp3) is 0. The summed E-state index contributed by atoms with van der Waals surface area (Å²) in [7, 11) is 0. The van der Waals surface area contributed by atoms with Crippen molar-refractivity contribution >= 4 is 33.0 Å². The van der Waals surface area contributed by atoms with Crippen LogP contribution in [0.2, 0.25) is 0 Å². The quantitative estimate of drug-likeness (QED) is 0.448. The van der Waals surface area contributed by atoms with E-state index in [-0.39, 0.29) is 0 Å². The van der Waals surface area contributed by atoms with Crippen LogP contribution in [0.4, 0.5) is 0 Å². The highest BCUT2D eigenvalue weighted by atomic mass is 16.3. The Morgan fingerprint density at radius 2 is 1.81 bits per heavy atom. The van der Waals surface area contributed by atoms with Crippen molar-refractivity contribution in [1.82, 2.24) is 4.98 Å². The normalized spacial score (nSPS) is 11.8. The first-order valence-corrected chi connectivity index (χ1v) is 6.87. The summed E-state index contributed by atoms with van der Waals surface area (Å²) in [4.78, 5) is 3.45. The predicted molar refractivity (Wildman–Crippen MR) is 83.3 cm³/mol. The summed E-state index contributed by atoms with van der Waals surface area (Å²) in [5.41, 5.74) is 4.99. The van der Waals surface area contributed by atoms with Gasteiger partial charge in [-0.15, -0.1) is 0 Å². The molecule has 5 rings (SSSR count). The lowest BCUT2D eigenvalue weighted by molar-refractivity contribution is 0.582. The predicted octanol–water partition coefficient (Wildman–Crippen LogP) is 5.33. The van der Waals surface area contributed by atoms with Crippen LogP contribution in [0.25, 0.3) is 44.3 Å². The second-order valence-electron chi connectivity index (χ2n) is 5.17. The van der Waals surface area contributed by atoms with Gasteiger partial charge in [-0.05, 0) is 42.5 Å². The van der Waals surface area contributed by atoms with Crippen LogP contribution in [0.15, 0.2) is 69.7 Å². The van der Waals surface area contributed by atoms with E-state index in [1.165, 1.54) is 0 Å². The lowest BCUT2D eigenvalue weighted by Gasteiger charge is -1.96. The Morgan fingerprint density at radius 1 is 0.857 bits per heavy atom. The highest BCUT2D eigenvalue weighted by molar-refractivity contribution is 6.15. The highest BCUT2D eigenvalue weighted by Crippen LogP contribution is 2.35. The van der Waals surface area contributed by atoms with E-state index in [1.807, 2.05) is 36.4 Å². The molecule has 2 aromatic carbocycles. The number of aromatic amines is 1. The highest BCUT2D eigenvalue weighted by Gasteiger charge is 2.14. The van der Waals surface area contributed by atoms with E-state index >= 15 is 0 Å². The topological polar surface area (TPSA) is 42.1 Å². The molecule has 0 aliphatic rings. The van der Waals surface area contributed by atoms with Crippen molar-refractivity contribution in [3.63, 3.8) is 0 Å². The van der Waals surface area contributed by atoms with Gasteiger partial charge >= 0.3 is 0 Å². The zero-order valence-electron chi connectivity index (χ0n) is 11.1. The van der Waals surface area contributed by atoms with Gasteiger partial charge in [0, 0.05) is 21.9 Å². The van der Waals surface area contributed by atoms with Crippen LogP contribution < -0.4 is 0 Å². The van der Waals surface area contributed by atoms with Crippen LogP contribution in [-0.2, 0) is 0 Å². The average Bonchev–Trinajstić information content (AvgIpc) is 3.22. The second kappa shape index (κ2) is 3.79. The van der Waals surface area contributed by atoms with Crippen LogP contribution in [0.1, 0.15) is 0 Å². The molecule has 0 fully saturated rings. The molecule has 3 heteroatoms. The summed E-state index contributed by atoms with van der Waals surface area (Å²) < 4.78 is 11.5. The van der Waals surface area contributed by atoms with E-state index in [4.69, 9.17) is 8.83 Å². The van der Waals surface area contributed by atoms with Crippen molar-refractivity contribution in [2.24, 2.45) is 0 Å². The first-order chi connectivity index (χ1) is 10.4. The zero-order chi connectivity index (χ0) is 13.8. The third kappa shape index (κ3) is 1.43. The molecule has 0 aliphatic carbocycles. The maximum absolute atomic E-state index is 6.02. The smallest absolute Gasteiger partial charge is 0.160 e. The largest absolute Gasteiger partial charge is 0.464 e. The first-order valence-electron chi connectivity index (χ1n) is 6.87. The molecular weight excluding hydrogens is 262 g/mol. The lowest BCUT2D eigenvalue weighted by Crippen LogP contribution is -1.74. The second-order valence-corrected chi connectivity index (χ2v) is 5.17. The van der Waals surface area contributed by atoms with Crippen LogP contribution in [0.5, 0.6) is 0 Å². The number of fused-ring (bicyclic) bond motifs is 5. The molecule has 1 N–H and O–H groups in total. The molecule has 3 nitrogen and oxygen atoms in total. The SMILES string of the molecule is c1coc(-c2ccc3oc4c5ccccc5[nH]c4c3c2)c1. The van der Waals surface area contributed by atoms with Gasteiger partial charge in [0.2, 0.25) is 0 Å². The molecule has 0 unspecified atom stereocenters. The number of benzene rings is 2. The van der Waals surface area contributed by atoms with Gasteiger partial charge < -0.3 is 13.8 Å². The molecule has 0 saturated carbocycles. The fourth-order valence-electron chi connectivity index (χ4n) is 2.93. The van der Waals surface area contributed by atoms with Gasteiger partial charge in [-0.3, -0.25) is 0 Å². The van der Waals surface area contributed by atoms with E-state index in [0.717, 1.165) is 44.3 Å². The van der Waals surface area contributed by atoms with Crippen molar-refractivity contribution in [3.8, 4) is 11.3 Å². The number of hydrogen-bond acceptors (Lipinski definition) is 2. The molecule has 0 bridgehead atoms. The number of rotatable bonds is 1. The molecule has 3 heterocycles. The number of H-pyrrole nitrogens is 1. The van der Waals surface area contributed by atoms with Gasteiger partial charge in [-0.25, -0.2) is 0 Å². The molecule has 100 valence electrons. The van der Waals surface area contributed by atoms with Crippen molar-refractivity contribution in [2.75, 3.05) is 0 Å². The van der Waals surface area contributed by atoms with Gasteiger partial charge in [0.15, 0.2) is 5.58 Å². The summed E-state index contributed by atoms with van der Waals surface area (Å²) in [5, 5.41) is 2.19. The third-order valence-electron chi connectivity index (χ3n) is 3.93. The zero-order valence-corrected chi connectivity index (χ0v) is 11.1. The lowest BCUT2D eigenvalue weighted by atomic mass is 10.1. The molecule has 21 heavy (non-hydrogen) atoms. The van der Waals surface area contributed by atoms with Crippen molar-refractivity contribution in [2.45, 2.75) is 0 Å². The Morgan fingerprint density at radius 3 is 2.71 bits per heavy atom. The number of hydrogen-bond donors (Lipinski definition) is 1. The van der Waals surface area contributed by atoms with Crippen LogP contribution in [0, 0.1) is 0 Å². The number of aromatic nitrogens is 1. The Hall–Kier alpha value is -2.94. The monoisotopic (exact) mass is 273 g/mol. The molecular formula is C18H11NO2. The van der Waals surface area contributed by atoms with Gasteiger partial charge in [-0.1, -0.05) is 12.1 Å². The Balaban J connectivity index is 1.89. The minimum atomic E-state index is 0.863.